The Bertz CT molecular complexity index is 1990. The van der Waals surface area contributed by atoms with Gasteiger partial charge in [-0.1, -0.05) is 69.2 Å². The van der Waals surface area contributed by atoms with Gasteiger partial charge in [0.25, 0.3) is 0 Å². The molecule has 0 bridgehead atoms. The van der Waals surface area contributed by atoms with E-state index in [-0.39, 0.29) is 11.2 Å². The van der Waals surface area contributed by atoms with E-state index < -0.39 is 11.5 Å². The highest BCUT2D eigenvalue weighted by Gasteiger charge is 2.56. The monoisotopic (exact) mass is 731 g/mol. The molecule has 53 heavy (non-hydrogen) atoms. The number of nitrogens with zero attached hydrogens (tertiary/aromatic N) is 2. The number of aromatic hydroxyl groups is 1. The summed E-state index contributed by atoms with van der Waals surface area (Å²) in [5, 5.41) is 22.9. The van der Waals surface area contributed by atoms with Crippen molar-refractivity contribution >= 4 is 40.2 Å². The van der Waals surface area contributed by atoms with Crippen LogP contribution in [0.25, 0.3) is 0 Å². The maximum absolute atomic E-state index is 14.1. The van der Waals surface area contributed by atoms with Crippen molar-refractivity contribution in [1.82, 2.24) is 0 Å². The molecule has 2 N–H and O–H groups in total. The van der Waals surface area contributed by atoms with E-state index in [0.717, 1.165) is 68.7 Å². The Morgan fingerprint density at radius 1 is 0.811 bits per heavy atom. The molecule has 3 saturated carbocycles. The number of aliphatic hydroxyl groups excluding tert-OH is 1. The molecule has 0 radical (unpaired) electrons. The fourth-order valence-electron chi connectivity index (χ4n) is 9.36. The van der Waals surface area contributed by atoms with Gasteiger partial charge in [0.05, 0.1) is 11.5 Å². The van der Waals surface area contributed by atoms with E-state index in [4.69, 9.17) is 11.6 Å². The summed E-state index contributed by atoms with van der Waals surface area (Å²) < 4.78 is 2.38. The second-order valence-corrected chi connectivity index (χ2v) is 17.3. The summed E-state index contributed by atoms with van der Waals surface area (Å²) in [7, 11) is 0. The molecule has 0 aromatic heterocycles. The number of allylic oxidation sites excluding steroid dienone is 5. The van der Waals surface area contributed by atoms with Crippen molar-refractivity contribution in [3.8, 4) is 5.75 Å². The van der Waals surface area contributed by atoms with Gasteiger partial charge >= 0.3 is 0 Å². The number of phenolic OH excluding ortho intramolecular Hbond substituents is 1. The summed E-state index contributed by atoms with van der Waals surface area (Å²) >= 11 is 6.35. The zero-order valence-corrected chi connectivity index (χ0v) is 33.0. The Morgan fingerprint density at radius 2 is 1.47 bits per heavy atom. The van der Waals surface area contributed by atoms with Crippen LogP contribution in [-0.4, -0.2) is 45.5 Å². The maximum atomic E-state index is 14.1. The molecule has 3 fully saturated rings. The van der Waals surface area contributed by atoms with Gasteiger partial charge < -0.3 is 15.1 Å². The highest BCUT2D eigenvalue weighted by molar-refractivity contribution is 6.30. The fourth-order valence-corrected chi connectivity index (χ4v) is 9.58. The number of hydrogen-bond donors (Lipinski definition) is 2. The average molecular weight is 732 g/mol. The molecule has 7 rings (SSSR count). The average Bonchev–Trinajstić information content (AvgIpc) is 3.16. The molecule has 4 aliphatic carbocycles. The smallest absolute Gasteiger partial charge is 0.209 e. The van der Waals surface area contributed by atoms with Crippen molar-refractivity contribution < 1.29 is 19.6 Å². The van der Waals surface area contributed by atoms with Crippen molar-refractivity contribution in [1.29, 1.82) is 0 Å². The number of carbonyl (C=O) groups is 1. The van der Waals surface area contributed by atoms with E-state index in [1.165, 1.54) is 64.2 Å². The van der Waals surface area contributed by atoms with Crippen molar-refractivity contribution in [3.05, 3.63) is 117 Å². The highest BCUT2D eigenvalue weighted by atomic mass is 35.5. The minimum absolute atomic E-state index is 0.0327. The summed E-state index contributed by atoms with van der Waals surface area (Å²) in [5.41, 5.74) is 8.62. The lowest BCUT2D eigenvalue weighted by atomic mass is 9.58. The lowest BCUT2D eigenvalue weighted by Gasteiger charge is -2.45. The third kappa shape index (κ3) is 7.32. The molecule has 0 saturated heterocycles. The number of aryl methyl sites for hydroxylation is 3. The van der Waals surface area contributed by atoms with Crippen LogP contribution in [0.3, 0.4) is 0 Å². The molecule has 0 aliphatic heterocycles. The maximum Gasteiger partial charge on any atom is 0.209 e. The van der Waals surface area contributed by atoms with E-state index in [0.29, 0.717) is 17.2 Å². The first-order valence-corrected chi connectivity index (χ1v) is 20.2. The van der Waals surface area contributed by atoms with Crippen molar-refractivity contribution in [2.45, 2.75) is 110 Å². The molecule has 5 nitrogen and oxygen atoms in total. The van der Waals surface area contributed by atoms with E-state index in [2.05, 4.69) is 66.7 Å². The van der Waals surface area contributed by atoms with Crippen molar-refractivity contribution in [3.63, 3.8) is 0 Å². The third-order valence-electron chi connectivity index (χ3n) is 12.8. The third-order valence-corrected chi connectivity index (χ3v) is 13.1. The van der Waals surface area contributed by atoms with Crippen molar-refractivity contribution in [2.24, 2.45) is 11.3 Å². The summed E-state index contributed by atoms with van der Waals surface area (Å²) in [6, 6.07) is 18.3. The summed E-state index contributed by atoms with van der Waals surface area (Å²) in [6.07, 6.45) is 19.8. The second-order valence-electron chi connectivity index (χ2n) is 16.9. The lowest BCUT2D eigenvalue weighted by Crippen LogP contribution is -2.58. The molecular weight excluding hydrogens is 676 g/mol. The molecule has 2 atom stereocenters. The number of hydrogen-bond acceptors (Lipinski definition) is 4. The number of ketones is 1. The number of benzene rings is 3. The number of halogens is 1. The molecule has 2 unspecified atom stereocenters. The van der Waals surface area contributed by atoms with Crippen molar-refractivity contribution in [2.75, 3.05) is 18.0 Å². The normalized spacial score (nSPS) is 23.0. The van der Waals surface area contributed by atoms with Crippen LogP contribution in [0.2, 0.25) is 5.02 Å². The number of Topliss-reactive ketones (excluding diaryl/α,β-unsaturated/α-hetero) is 1. The molecule has 278 valence electrons. The molecule has 3 aromatic carbocycles. The molecule has 3 aromatic rings. The number of anilines is 2. The zero-order valence-electron chi connectivity index (χ0n) is 32.2. The Balaban J connectivity index is 1.16. The molecule has 0 spiro atoms. The Labute approximate surface area is 321 Å². The molecule has 4 aliphatic rings. The van der Waals surface area contributed by atoms with E-state index >= 15 is 0 Å². The van der Waals surface area contributed by atoms with Gasteiger partial charge in [0.2, 0.25) is 11.4 Å². The minimum Gasteiger partial charge on any atom is -0.508 e. The first-order chi connectivity index (χ1) is 25.4. The van der Waals surface area contributed by atoms with Crippen LogP contribution in [0.15, 0.2) is 90.0 Å². The SMILES string of the molecule is Cc1cc([N+](CC2(C)CCCCC2)=C2C=CC(=C3C(=O)C(C)(c4ccc(N(CC5CCCCC5)c5ccc(Cl)cc5C)cc4)C3O)C=C2)c(C)cc1O. The van der Waals surface area contributed by atoms with Crippen LogP contribution in [0, 0.1) is 32.1 Å². The number of carbonyl (C=O) groups excluding carboxylic acids is 1. The summed E-state index contributed by atoms with van der Waals surface area (Å²) in [5.74, 6) is 0.909. The highest BCUT2D eigenvalue weighted by Crippen LogP contribution is 2.47. The van der Waals surface area contributed by atoms with E-state index in [1.807, 2.05) is 56.3 Å². The van der Waals surface area contributed by atoms with Crippen LogP contribution in [-0.2, 0) is 10.2 Å². The Morgan fingerprint density at radius 3 is 2.11 bits per heavy atom. The van der Waals surface area contributed by atoms with Gasteiger partial charge in [0, 0.05) is 57.7 Å². The Hall–Kier alpha value is -3.93. The van der Waals surface area contributed by atoms with Gasteiger partial charge in [-0.15, -0.1) is 0 Å². The van der Waals surface area contributed by atoms with Gasteiger partial charge in [-0.3, -0.25) is 4.79 Å². The summed E-state index contributed by atoms with van der Waals surface area (Å²) in [6.45, 7) is 12.2. The topological polar surface area (TPSA) is 63.8 Å². The van der Waals surface area contributed by atoms with Crippen LogP contribution in [0.5, 0.6) is 5.75 Å². The van der Waals surface area contributed by atoms with Gasteiger partial charge in [0.1, 0.15) is 5.75 Å². The fraction of sp³-hybridized carbons (Fsp3) is 0.447. The van der Waals surface area contributed by atoms with Gasteiger partial charge in [-0.25, -0.2) is 0 Å². The second kappa shape index (κ2) is 15.1. The standard InChI is InChI=1S/C47H55ClN2O3/c1-31-26-37(48)18-23-40(31)49(29-34-12-8-6-9-13-34)38-21-16-36(17-22-38)47(5)44(52)43(45(47)53)35-14-19-39(20-15-35)50(30-46(4)24-10-7-11-25-46)41-27-33(3)42(51)28-32(41)2/h14-23,26-28,34,44,52H,6-13,24-25,29-30H2,1-5H3/p+1. The quantitative estimate of drug-likeness (QED) is 0.179. The predicted octanol–water partition coefficient (Wildman–Crippen LogP) is 11.1. The first-order valence-electron chi connectivity index (χ1n) is 19.8. The van der Waals surface area contributed by atoms with Crippen LogP contribution < -0.4 is 4.90 Å². The molecular formula is C47H56ClN2O3+. The van der Waals surface area contributed by atoms with Crippen LogP contribution in [0.4, 0.5) is 17.1 Å². The van der Waals surface area contributed by atoms with Crippen LogP contribution >= 0.6 is 11.6 Å². The first kappa shape index (κ1) is 37.4. The van der Waals surface area contributed by atoms with Gasteiger partial charge in [0.15, 0.2) is 12.3 Å². The Kier molecular flexibility index (Phi) is 10.6. The predicted molar refractivity (Wildman–Crippen MR) is 218 cm³/mol. The molecule has 6 heteroatoms. The van der Waals surface area contributed by atoms with Gasteiger partial charge in [-0.05, 0) is 130 Å². The zero-order chi connectivity index (χ0) is 37.5. The minimum atomic E-state index is -1.01. The lowest BCUT2D eigenvalue weighted by molar-refractivity contribution is -0.459. The van der Waals surface area contributed by atoms with Crippen LogP contribution in [0.1, 0.15) is 100 Å². The van der Waals surface area contributed by atoms with E-state index in [9.17, 15) is 15.0 Å². The largest absolute Gasteiger partial charge is 0.508 e. The molecule has 0 heterocycles. The number of aliphatic hydroxyl groups is 1. The summed E-state index contributed by atoms with van der Waals surface area (Å²) in [4.78, 5) is 16.5. The van der Waals surface area contributed by atoms with Gasteiger partial charge in [-0.2, -0.15) is 4.58 Å². The van der Waals surface area contributed by atoms with E-state index in [1.54, 1.807) is 0 Å². The molecule has 0 amide bonds. The number of phenols is 1. The number of rotatable bonds is 8.